The summed E-state index contributed by atoms with van der Waals surface area (Å²) in [5, 5.41) is 9.11. The molecule has 1 unspecified atom stereocenters. The highest BCUT2D eigenvalue weighted by atomic mass is 16.4. The van der Waals surface area contributed by atoms with Gasteiger partial charge in [-0.3, -0.25) is 0 Å². The summed E-state index contributed by atoms with van der Waals surface area (Å²) in [6, 6.07) is 0. The van der Waals surface area contributed by atoms with Gasteiger partial charge < -0.3 is 9.67 Å². The fourth-order valence-electron chi connectivity index (χ4n) is 2.38. The van der Waals surface area contributed by atoms with Crippen LogP contribution < -0.4 is 0 Å². The third-order valence-corrected chi connectivity index (χ3v) is 3.20. The van der Waals surface area contributed by atoms with Crippen molar-refractivity contribution >= 4 is 5.97 Å². The Kier molecular flexibility index (Phi) is 2.99. The molecule has 0 saturated carbocycles. The number of imidazole rings is 1. The highest BCUT2D eigenvalue weighted by Gasteiger charge is 2.25. The quantitative estimate of drug-likeness (QED) is 0.852. The maximum Gasteiger partial charge on any atom is 0.356 e. The average molecular weight is 222 g/mol. The molecule has 2 heterocycles. The summed E-state index contributed by atoms with van der Waals surface area (Å²) in [6.07, 6.45) is 3.79. The van der Waals surface area contributed by atoms with Crippen molar-refractivity contribution in [3.05, 3.63) is 17.2 Å². The first-order valence-corrected chi connectivity index (χ1v) is 5.95. The Bertz CT molecular complexity index is 409. The van der Waals surface area contributed by atoms with Crippen LogP contribution in [0.15, 0.2) is 0 Å². The van der Waals surface area contributed by atoms with E-state index in [0.717, 1.165) is 43.7 Å². The predicted molar refractivity (Wildman–Crippen MR) is 60.7 cm³/mol. The Morgan fingerprint density at radius 1 is 1.62 bits per heavy atom. The number of fused-ring (bicyclic) bond motifs is 1. The van der Waals surface area contributed by atoms with Crippen molar-refractivity contribution in [1.29, 1.82) is 0 Å². The molecule has 1 aliphatic rings. The molecule has 1 aromatic heterocycles. The monoisotopic (exact) mass is 222 g/mol. The van der Waals surface area contributed by atoms with E-state index in [1.807, 2.05) is 0 Å². The van der Waals surface area contributed by atoms with Crippen LogP contribution in [0.2, 0.25) is 0 Å². The van der Waals surface area contributed by atoms with Gasteiger partial charge in [-0.05, 0) is 25.2 Å². The van der Waals surface area contributed by atoms with E-state index in [2.05, 4.69) is 23.4 Å². The Balaban J connectivity index is 2.44. The van der Waals surface area contributed by atoms with E-state index in [1.54, 1.807) is 0 Å². The minimum absolute atomic E-state index is 0.273. The molecule has 0 bridgehead atoms. The molecule has 88 valence electrons. The van der Waals surface area contributed by atoms with Gasteiger partial charge in [0.1, 0.15) is 5.82 Å². The summed E-state index contributed by atoms with van der Waals surface area (Å²) < 4.78 is 2.13. The number of nitrogens with zero attached hydrogens (tertiary/aromatic N) is 2. The summed E-state index contributed by atoms with van der Waals surface area (Å²) >= 11 is 0. The summed E-state index contributed by atoms with van der Waals surface area (Å²) in [5.41, 5.74) is 1.20. The molecule has 2 rings (SSSR count). The normalized spacial score (nSPS) is 19.5. The summed E-state index contributed by atoms with van der Waals surface area (Å²) in [7, 11) is 0. The van der Waals surface area contributed by atoms with Crippen molar-refractivity contribution in [3.63, 3.8) is 0 Å². The standard InChI is InChI=1S/C12H18N2O2/c1-3-4-10-13-11(12(15)16)9-6-5-8(2)7-14(9)10/h8H,3-7H2,1-2H3,(H,15,16). The second-order valence-corrected chi connectivity index (χ2v) is 4.63. The molecular weight excluding hydrogens is 204 g/mol. The molecule has 1 atom stereocenters. The van der Waals surface area contributed by atoms with E-state index in [0.29, 0.717) is 5.92 Å². The molecule has 4 heteroatoms. The van der Waals surface area contributed by atoms with E-state index < -0.39 is 5.97 Å². The van der Waals surface area contributed by atoms with Crippen LogP contribution in [0.5, 0.6) is 0 Å². The van der Waals surface area contributed by atoms with E-state index in [4.69, 9.17) is 5.11 Å². The summed E-state index contributed by atoms with van der Waals surface area (Å²) in [4.78, 5) is 15.4. The lowest BCUT2D eigenvalue weighted by atomic mass is 9.99. The average Bonchev–Trinajstić information content (AvgIpc) is 2.58. The van der Waals surface area contributed by atoms with Crippen LogP contribution >= 0.6 is 0 Å². The third-order valence-electron chi connectivity index (χ3n) is 3.20. The Hall–Kier alpha value is -1.32. The fraction of sp³-hybridized carbons (Fsp3) is 0.667. The zero-order valence-corrected chi connectivity index (χ0v) is 9.86. The van der Waals surface area contributed by atoms with Gasteiger partial charge in [0.05, 0.1) is 5.69 Å². The maximum absolute atomic E-state index is 11.1. The number of carbonyl (C=O) groups is 1. The molecule has 0 fully saturated rings. The molecule has 1 N–H and O–H groups in total. The number of aryl methyl sites for hydroxylation is 1. The Labute approximate surface area is 95.3 Å². The molecule has 0 radical (unpaired) electrons. The number of aromatic carboxylic acids is 1. The molecule has 0 spiro atoms. The van der Waals surface area contributed by atoms with Crippen LogP contribution in [0, 0.1) is 5.92 Å². The Morgan fingerprint density at radius 3 is 3.00 bits per heavy atom. The van der Waals surface area contributed by atoms with Crippen molar-refractivity contribution in [3.8, 4) is 0 Å². The van der Waals surface area contributed by atoms with Gasteiger partial charge in [-0.2, -0.15) is 0 Å². The van der Waals surface area contributed by atoms with Crippen molar-refractivity contribution in [1.82, 2.24) is 9.55 Å². The highest BCUT2D eigenvalue weighted by molar-refractivity contribution is 5.86. The molecule has 0 amide bonds. The van der Waals surface area contributed by atoms with Crippen LogP contribution in [0.25, 0.3) is 0 Å². The molecule has 4 nitrogen and oxygen atoms in total. The van der Waals surface area contributed by atoms with Gasteiger partial charge >= 0.3 is 5.97 Å². The van der Waals surface area contributed by atoms with Gasteiger partial charge in [0, 0.05) is 13.0 Å². The van der Waals surface area contributed by atoms with Crippen molar-refractivity contribution in [2.75, 3.05) is 0 Å². The molecule has 0 saturated heterocycles. The lowest BCUT2D eigenvalue weighted by molar-refractivity contribution is 0.0689. The zero-order chi connectivity index (χ0) is 11.7. The molecular formula is C12H18N2O2. The van der Waals surface area contributed by atoms with Gasteiger partial charge in [0.2, 0.25) is 0 Å². The van der Waals surface area contributed by atoms with Crippen LogP contribution in [0.3, 0.4) is 0 Å². The predicted octanol–water partition coefficient (Wildman–Crippen LogP) is 2.12. The number of hydrogen-bond donors (Lipinski definition) is 1. The summed E-state index contributed by atoms with van der Waals surface area (Å²) in [6.45, 7) is 5.22. The first kappa shape index (κ1) is 11.2. The van der Waals surface area contributed by atoms with E-state index >= 15 is 0 Å². The van der Waals surface area contributed by atoms with Gasteiger partial charge in [-0.15, -0.1) is 0 Å². The van der Waals surface area contributed by atoms with Gasteiger partial charge in [-0.1, -0.05) is 13.8 Å². The minimum atomic E-state index is -0.888. The maximum atomic E-state index is 11.1. The minimum Gasteiger partial charge on any atom is -0.476 e. The summed E-state index contributed by atoms with van der Waals surface area (Å²) in [5.74, 6) is 0.682. The van der Waals surface area contributed by atoms with Crippen LogP contribution in [-0.2, 0) is 19.4 Å². The lowest BCUT2D eigenvalue weighted by Gasteiger charge is -2.22. The second kappa shape index (κ2) is 4.28. The Morgan fingerprint density at radius 2 is 2.38 bits per heavy atom. The van der Waals surface area contributed by atoms with Gasteiger partial charge in [0.15, 0.2) is 5.69 Å². The number of carboxylic acids is 1. The largest absolute Gasteiger partial charge is 0.476 e. The molecule has 16 heavy (non-hydrogen) atoms. The highest BCUT2D eigenvalue weighted by Crippen LogP contribution is 2.25. The van der Waals surface area contributed by atoms with Crippen LogP contribution in [0.1, 0.15) is 48.7 Å². The second-order valence-electron chi connectivity index (χ2n) is 4.63. The van der Waals surface area contributed by atoms with E-state index in [9.17, 15) is 4.79 Å². The topological polar surface area (TPSA) is 55.1 Å². The number of carboxylic acid groups (broad SMARTS) is 1. The molecule has 0 aromatic carbocycles. The van der Waals surface area contributed by atoms with Crippen molar-refractivity contribution < 1.29 is 9.90 Å². The smallest absolute Gasteiger partial charge is 0.356 e. The molecule has 1 aromatic rings. The number of aromatic nitrogens is 2. The van der Waals surface area contributed by atoms with Gasteiger partial charge in [0.25, 0.3) is 0 Å². The van der Waals surface area contributed by atoms with Crippen LogP contribution in [-0.4, -0.2) is 20.6 Å². The van der Waals surface area contributed by atoms with Crippen molar-refractivity contribution in [2.24, 2.45) is 5.92 Å². The van der Waals surface area contributed by atoms with Crippen molar-refractivity contribution in [2.45, 2.75) is 46.1 Å². The first-order valence-electron chi connectivity index (χ1n) is 5.95. The van der Waals surface area contributed by atoms with Crippen LogP contribution in [0.4, 0.5) is 0 Å². The van der Waals surface area contributed by atoms with E-state index in [-0.39, 0.29) is 5.69 Å². The third kappa shape index (κ3) is 1.84. The zero-order valence-electron chi connectivity index (χ0n) is 9.86. The SMILES string of the molecule is CCCc1nc(C(=O)O)c2n1CC(C)CC2. The number of rotatable bonds is 3. The molecule has 1 aliphatic heterocycles. The number of hydrogen-bond acceptors (Lipinski definition) is 2. The van der Waals surface area contributed by atoms with Gasteiger partial charge in [-0.25, -0.2) is 9.78 Å². The first-order chi connectivity index (χ1) is 7.63. The fourth-order valence-corrected chi connectivity index (χ4v) is 2.38. The molecule has 0 aliphatic carbocycles. The van der Waals surface area contributed by atoms with E-state index in [1.165, 1.54) is 0 Å². The lowest BCUT2D eigenvalue weighted by Crippen LogP contribution is -2.20.